The molecular formula is C17H23N5O2. The van der Waals surface area contributed by atoms with Gasteiger partial charge in [-0.3, -0.25) is 19.6 Å². The molecule has 0 aliphatic carbocycles. The lowest BCUT2D eigenvalue weighted by molar-refractivity contribution is -0.123. The number of hydrogen-bond acceptors (Lipinski definition) is 4. The van der Waals surface area contributed by atoms with E-state index in [1.165, 1.54) is 0 Å². The Bertz CT molecular complexity index is 731. The van der Waals surface area contributed by atoms with Crippen molar-refractivity contribution in [2.75, 3.05) is 32.7 Å². The summed E-state index contributed by atoms with van der Waals surface area (Å²) in [6.45, 7) is 6.94. The molecular weight excluding hydrogens is 306 g/mol. The fourth-order valence-electron chi connectivity index (χ4n) is 3.00. The molecule has 3 rings (SSSR count). The number of fused-ring (bicyclic) bond motifs is 1. The van der Waals surface area contributed by atoms with Gasteiger partial charge < -0.3 is 10.2 Å². The maximum atomic E-state index is 12.8. The van der Waals surface area contributed by atoms with Gasteiger partial charge in [0.1, 0.15) is 0 Å². The van der Waals surface area contributed by atoms with Gasteiger partial charge in [0.05, 0.1) is 23.8 Å². The highest BCUT2D eigenvalue weighted by molar-refractivity contribution is 6.05. The number of para-hydroxylation sites is 1. The lowest BCUT2D eigenvalue weighted by Gasteiger charge is -2.34. The topological polar surface area (TPSA) is 81.3 Å². The Morgan fingerprint density at radius 1 is 1.25 bits per heavy atom. The molecule has 0 spiro atoms. The largest absolute Gasteiger partial charge is 0.353 e. The average molecular weight is 329 g/mol. The zero-order valence-corrected chi connectivity index (χ0v) is 14.1. The van der Waals surface area contributed by atoms with Crippen LogP contribution >= 0.6 is 0 Å². The van der Waals surface area contributed by atoms with Gasteiger partial charge in [-0.25, -0.2) is 0 Å². The van der Waals surface area contributed by atoms with Crippen molar-refractivity contribution in [1.29, 1.82) is 0 Å². The van der Waals surface area contributed by atoms with E-state index in [9.17, 15) is 9.59 Å². The number of H-pyrrole nitrogens is 1. The normalized spacial score (nSPS) is 15.9. The summed E-state index contributed by atoms with van der Waals surface area (Å²) in [6.07, 6.45) is 1.72. The molecule has 1 aromatic carbocycles. The molecule has 0 unspecified atom stereocenters. The van der Waals surface area contributed by atoms with Crippen LogP contribution in [0, 0.1) is 0 Å². The molecule has 0 saturated carbocycles. The van der Waals surface area contributed by atoms with Crippen molar-refractivity contribution in [3.05, 3.63) is 30.0 Å². The van der Waals surface area contributed by atoms with Gasteiger partial charge in [0.2, 0.25) is 5.91 Å². The van der Waals surface area contributed by atoms with Crippen LogP contribution in [0.4, 0.5) is 0 Å². The molecule has 0 atom stereocenters. The smallest absolute Gasteiger partial charge is 0.256 e. The van der Waals surface area contributed by atoms with Crippen molar-refractivity contribution in [3.63, 3.8) is 0 Å². The van der Waals surface area contributed by atoms with Crippen LogP contribution in [-0.4, -0.2) is 70.6 Å². The van der Waals surface area contributed by atoms with Crippen molar-refractivity contribution >= 4 is 22.7 Å². The molecule has 0 radical (unpaired) electrons. The van der Waals surface area contributed by atoms with Crippen molar-refractivity contribution in [1.82, 2.24) is 25.3 Å². The molecule has 1 aromatic heterocycles. The van der Waals surface area contributed by atoms with E-state index in [0.29, 0.717) is 38.3 Å². The molecule has 0 bridgehead atoms. The molecule has 2 amide bonds. The monoisotopic (exact) mass is 329 g/mol. The molecule has 1 aliphatic rings. The zero-order valence-electron chi connectivity index (χ0n) is 14.1. The first kappa shape index (κ1) is 16.4. The van der Waals surface area contributed by atoms with E-state index in [1.54, 1.807) is 6.20 Å². The molecule has 2 aromatic rings. The van der Waals surface area contributed by atoms with Crippen LogP contribution in [0.2, 0.25) is 0 Å². The number of nitrogens with one attached hydrogen (secondary N) is 2. The van der Waals surface area contributed by atoms with Gasteiger partial charge in [0.15, 0.2) is 0 Å². The number of aromatic amines is 1. The van der Waals surface area contributed by atoms with Crippen molar-refractivity contribution in [2.45, 2.75) is 19.9 Å². The number of piperazine rings is 1. The summed E-state index contributed by atoms with van der Waals surface area (Å²) in [5.41, 5.74) is 1.43. The summed E-state index contributed by atoms with van der Waals surface area (Å²) >= 11 is 0. The van der Waals surface area contributed by atoms with E-state index < -0.39 is 0 Å². The molecule has 2 heterocycles. The minimum atomic E-state index is 0.0103. The number of carbonyl (C=O) groups is 2. The second-order valence-electron chi connectivity index (χ2n) is 6.43. The molecule has 7 heteroatoms. The molecule has 2 N–H and O–H groups in total. The Morgan fingerprint density at radius 2 is 2.00 bits per heavy atom. The van der Waals surface area contributed by atoms with E-state index in [1.807, 2.05) is 36.9 Å². The third kappa shape index (κ3) is 3.56. The second-order valence-corrected chi connectivity index (χ2v) is 6.43. The Labute approximate surface area is 141 Å². The van der Waals surface area contributed by atoms with E-state index >= 15 is 0 Å². The number of amides is 2. The number of carbonyl (C=O) groups excluding carboxylic acids is 2. The fraction of sp³-hybridized carbons (Fsp3) is 0.471. The summed E-state index contributed by atoms with van der Waals surface area (Å²) in [5, 5.41) is 10.7. The predicted molar refractivity (Wildman–Crippen MR) is 91.7 cm³/mol. The van der Waals surface area contributed by atoms with Crippen LogP contribution in [0.3, 0.4) is 0 Å². The van der Waals surface area contributed by atoms with E-state index in [4.69, 9.17) is 0 Å². The molecule has 1 aliphatic heterocycles. The number of aromatic nitrogens is 2. The van der Waals surface area contributed by atoms with Gasteiger partial charge in [0, 0.05) is 37.6 Å². The summed E-state index contributed by atoms with van der Waals surface area (Å²) in [4.78, 5) is 28.5. The fourth-order valence-corrected chi connectivity index (χ4v) is 3.00. The number of benzene rings is 1. The minimum Gasteiger partial charge on any atom is -0.353 e. The van der Waals surface area contributed by atoms with E-state index in [2.05, 4.69) is 20.4 Å². The van der Waals surface area contributed by atoms with Crippen LogP contribution in [0.25, 0.3) is 10.9 Å². The molecule has 128 valence electrons. The number of hydrogen-bond donors (Lipinski definition) is 2. The molecule has 1 saturated heterocycles. The van der Waals surface area contributed by atoms with Crippen LogP contribution < -0.4 is 5.32 Å². The Morgan fingerprint density at radius 3 is 2.71 bits per heavy atom. The summed E-state index contributed by atoms with van der Waals surface area (Å²) in [5.74, 6) is 0.0446. The van der Waals surface area contributed by atoms with Gasteiger partial charge >= 0.3 is 0 Å². The predicted octanol–water partition coefficient (Wildman–Crippen LogP) is 0.845. The third-order valence-electron chi connectivity index (χ3n) is 4.18. The number of nitrogens with zero attached hydrogens (tertiary/aromatic N) is 3. The van der Waals surface area contributed by atoms with Gasteiger partial charge in [-0.2, -0.15) is 5.10 Å². The van der Waals surface area contributed by atoms with Crippen LogP contribution in [-0.2, 0) is 4.79 Å². The van der Waals surface area contributed by atoms with Crippen LogP contribution in [0.1, 0.15) is 24.2 Å². The maximum Gasteiger partial charge on any atom is 0.256 e. The first-order valence-electron chi connectivity index (χ1n) is 8.27. The highest BCUT2D eigenvalue weighted by atomic mass is 16.2. The Kier molecular flexibility index (Phi) is 4.80. The summed E-state index contributed by atoms with van der Waals surface area (Å²) in [6, 6.07) is 5.78. The summed E-state index contributed by atoms with van der Waals surface area (Å²) in [7, 11) is 0. The highest BCUT2D eigenvalue weighted by Gasteiger charge is 2.24. The van der Waals surface area contributed by atoms with Crippen LogP contribution in [0.5, 0.6) is 0 Å². The van der Waals surface area contributed by atoms with Crippen LogP contribution in [0.15, 0.2) is 24.4 Å². The first-order valence-corrected chi connectivity index (χ1v) is 8.27. The molecule has 1 fully saturated rings. The summed E-state index contributed by atoms with van der Waals surface area (Å²) < 4.78 is 0. The van der Waals surface area contributed by atoms with Crippen molar-refractivity contribution in [3.8, 4) is 0 Å². The second kappa shape index (κ2) is 7.00. The third-order valence-corrected chi connectivity index (χ3v) is 4.18. The maximum absolute atomic E-state index is 12.8. The highest BCUT2D eigenvalue weighted by Crippen LogP contribution is 2.18. The van der Waals surface area contributed by atoms with E-state index in [0.717, 1.165) is 10.9 Å². The van der Waals surface area contributed by atoms with Gasteiger partial charge in [-0.1, -0.05) is 12.1 Å². The Hall–Kier alpha value is -2.41. The van der Waals surface area contributed by atoms with Gasteiger partial charge in [-0.15, -0.1) is 0 Å². The quantitative estimate of drug-likeness (QED) is 0.871. The van der Waals surface area contributed by atoms with E-state index in [-0.39, 0.29) is 17.9 Å². The SMILES string of the molecule is CC(C)NC(=O)CN1CCN(C(=O)c2cccc3cn[nH]c23)CC1. The van der Waals surface area contributed by atoms with Crippen molar-refractivity contribution < 1.29 is 9.59 Å². The average Bonchev–Trinajstić information content (AvgIpc) is 3.02. The lowest BCUT2D eigenvalue weighted by Crippen LogP contribution is -2.51. The number of rotatable bonds is 4. The van der Waals surface area contributed by atoms with Crippen molar-refractivity contribution in [2.24, 2.45) is 0 Å². The lowest BCUT2D eigenvalue weighted by atomic mass is 10.1. The molecule has 7 nitrogen and oxygen atoms in total. The minimum absolute atomic E-state index is 0.0103. The Balaban J connectivity index is 1.59. The van der Waals surface area contributed by atoms with Gasteiger partial charge in [-0.05, 0) is 19.9 Å². The molecule has 24 heavy (non-hydrogen) atoms. The first-order chi connectivity index (χ1) is 11.5. The van der Waals surface area contributed by atoms with Gasteiger partial charge in [0.25, 0.3) is 5.91 Å². The standard InChI is InChI=1S/C17H23N5O2/c1-12(2)19-15(23)11-21-6-8-22(9-7-21)17(24)14-5-3-4-13-10-18-20-16(13)14/h3-5,10,12H,6-9,11H2,1-2H3,(H,18,20)(H,19,23). The zero-order chi connectivity index (χ0) is 17.1.